The van der Waals surface area contributed by atoms with Gasteiger partial charge in [-0.25, -0.2) is 0 Å². The molecule has 86 valence electrons. The van der Waals surface area contributed by atoms with E-state index in [9.17, 15) is 4.79 Å². The van der Waals surface area contributed by atoms with Crippen LogP contribution in [0.25, 0.3) is 0 Å². The lowest BCUT2D eigenvalue weighted by atomic mass is 10.2. The quantitative estimate of drug-likeness (QED) is 0.816. The highest BCUT2D eigenvalue weighted by molar-refractivity contribution is 6.35. The standard InChI is InChI=1S/C11H11Cl2NO2/c12-9-2-1-8(10(13)5-9)6-14-3-4-16-7-11(14)15/h1-2,5H,3-4,6-7H2. The van der Waals surface area contributed by atoms with Crippen LogP contribution in [0, 0.1) is 0 Å². The summed E-state index contributed by atoms with van der Waals surface area (Å²) in [5, 5.41) is 1.19. The zero-order valence-corrected chi connectivity index (χ0v) is 10.1. The average Bonchev–Trinajstić information content (AvgIpc) is 2.25. The zero-order valence-electron chi connectivity index (χ0n) is 8.58. The van der Waals surface area contributed by atoms with E-state index in [2.05, 4.69) is 0 Å². The van der Waals surface area contributed by atoms with Crippen LogP contribution in [0.1, 0.15) is 5.56 Å². The van der Waals surface area contributed by atoms with Gasteiger partial charge in [-0.3, -0.25) is 4.79 Å². The Morgan fingerprint density at radius 3 is 2.88 bits per heavy atom. The van der Waals surface area contributed by atoms with Crippen LogP contribution in [0.3, 0.4) is 0 Å². The molecular weight excluding hydrogens is 249 g/mol. The van der Waals surface area contributed by atoms with Crippen molar-refractivity contribution in [3.05, 3.63) is 33.8 Å². The van der Waals surface area contributed by atoms with Crippen LogP contribution in [-0.4, -0.2) is 30.6 Å². The highest BCUT2D eigenvalue weighted by atomic mass is 35.5. The summed E-state index contributed by atoms with van der Waals surface area (Å²) in [4.78, 5) is 13.2. The molecule has 3 nitrogen and oxygen atoms in total. The number of amides is 1. The first-order valence-electron chi connectivity index (χ1n) is 4.96. The Balaban J connectivity index is 2.10. The van der Waals surface area contributed by atoms with Gasteiger partial charge in [0.15, 0.2) is 0 Å². The lowest BCUT2D eigenvalue weighted by Gasteiger charge is -2.27. The predicted molar refractivity (Wildman–Crippen MR) is 62.7 cm³/mol. The highest BCUT2D eigenvalue weighted by Crippen LogP contribution is 2.22. The van der Waals surface area contributed by atoms with E-state index in [0.717, 1.165) is 5.56 Å². The molecule has 0 saturated carbocycles. The van der Waals surface area contributed by atoms with E-state index >= 15 is 0 Å². The van der Waals surface area contributed by atoms with E-state index in [1.807, 2.05) is 6.07 Å². The molecule has 0 bridgehead atoms. The SMILES string of the molecule is O=C1COCCN1Cc1ccc(Cl)cc1Cl. The van der Waals surface area contributed by atoms with Crippen LogP contribution in [0.5, 0.6) is 0 Å². The van der Waals surface area contributed by atoms with Gasteiger partial charge in [-0.15, -0.1) is 0 Å². The highest BCUT2D eigenvalue weighted by Gasteiger charge is 2.19. The summed E-state index contributed by atoms with van der Waals surface area (Å²) in [6, 6.07) is 5.30. The van der Waals surface area contributed by atoms with E-state index in [1.54, 1.807) is 17.0 Å². The molecule has 1 aliphatic heterocycles. The summed E-state index contributed by atoms with van der Waals surface area (Å²) in [5.74, 6) is -0.00253. The molecule has 0 unspecified atom stereocenters. The number of hydrogen-bond acceptors (Lipinski definition) is 2. The van der Waals surface area contributed by atoms with Crippen molar-refractivity contribution in [2.45, 2.75) is 6.54 Å². The van der Waals surface area contributed by atoms with Gasteiger partial charge in [0.05, 0.1) is 6.61 Å². The van der Waals surface area contributed by atoms with Crippen LogP contribution < -0.4 is 0 Å². The monoisotopic (exact) mass is 259 g/mol. The van der Waals surface area contributed by atoms with Crippen molar-refractivity contribution >= 4 is 29.1 Å². The Kier molecular flexibility index (Phi) is 3.69. The lowest BCUT2D eigenvalue weighted by Crippen LogP contribution is -2.40. The van der Waals surface area contributed by atoms with E-state index in [-0.39, 0.29) is 12.5 Å². The van der Waals surface area contributed by atoms with Gasteiger partial charge in [0.2, 0.25) is 5.91 Å². The molecule has 1 fully saturated rings. The van der Waals surface area contributed by atoms with Gasteiger partial charge in [-0.2, -0.15) is 0 Å². The van der Waals surface area contributed by atoms with E-state index in [1.165, 1.54) is 0 Å². The maximum absolute atomic E-state index is 11.5. The second-order valence-electron chi connectivity index (χ2n) is 3.60. The summed E-state index contributed by atoms with van der Waals surface area (Å²) < 4.78 is 5.05. The van der Waals surface area contributed by atoms with Crippen molar-refractivity contribution in [2.75, 3.05) is 19.8 Å². The third-order valence-corrected chi connectivity index (χ3v) is 3.05. The molecule has 0 radical (unpaired) electrons. The topological polar surface area (TPSA) is 29.5 Å². The minimum absolute atomic E-state index is 0.00253. The fraction of sp³-hybridized carbons (Fsp3) is 0.364. The Morgan fingerprint density at radius 1 is 1.38 bits per heavy atom. The summed E-state index contributed by atoms with van der Waals surface area (Å²) in [6.45, 7) is 1.86. The first-order chi connectivity index (χ1) is 7.66. The number of morpholine rings is 1. The molecule has 1 aliphatic rings. The van der Waals surface area contributed by atoms with Gasteiger partial charge in [0.1, 0.15) is 6.61 Å². The van der Waals surface area contributed by atoms with Crippen LogP contribution >= 0.6 is 23.2 Å². The van der Waals surface area contributed by atoms with Gasteiger partial charge >= 0.3 is 0 Å². The van der Waals surface area contributed by atoms with E-state index in [4.69, 9.17) is 27.9 Å². The number of carbonyl (C=O) groups excluding carboxylic acids is 1. The van der Waals surface area contributed by atoms with Gasteiger partial charge in [-0.1, -0.05) is 29.3 Å². The minimum atomic E-state index is -0.00253. The Hall–Kier alpha value is -0.770. The largest absolute Gasteiger partial charge is 0.370 e. The van der Waals surface area contributed by atoms with Crippen molar-refractivity contribution in [1.29, 1.82) is 0 Å². The van der Waals surface area contributed by atoms with Crippen molar-refractivity contribution in [1.82, 2.24) is 4.90 Å². The molecule has 1 amide bonds. The molecule has 2 rings (SSSR count). The van der Waals surface area contributed by atoms with Gasteiger partial charge in [-0.05, 0) is 17.7 Å². The van der Waals surface area contributed by atoms with Crippen LogP contribution in [0.4, 0.5) is 0 Å². The molecule has 0 atom stereocenters. The fourth-order valence-corrected chi connectivity index (χ4v) is 2.04. The molecule has 1 aromatic carbocycles. The first kappa shape index (κ1) is 11.7. The van der Waals surface area contributed by atoms with Crippen LogP contribution in [0.2, 0.25) is 10.0 Å². The van der Waals surface area contributed by atoms with Gasteiger partial charge in [0, 0.05) is 23.1 Å². The summed E-state index contributed by atoms with van der Waals surface area (Å²) in [6.07, 6.45) is 0. The summed E-state index contributed by atoms with van der Waals surface area (Å²) in [5.41, 5.74) is 0.904. The number of nitrogens with zero attached hydrogens (tertiary/aromatic N) is 1. The molecule has 1 heterocycles. The van der Waals surface area contributed by atoms with Crippen molar-refractivity contribution in [3.63, 3.8) is 0 Å². The number of rotatable bonds is 2. The summed E-state index contributed by atoms with van der Waals surface area (Å²) in [7, 11) is 0. The average molecular weight is 260 g/mol. The van der Waals surface area contributed by atoms with Crippen LogP contribution in [-0.2, 0) is 16.1 Å². The Bertz CT molecular complexity index is 409. The molecule has 16 heavy (non-hydrogen) atoms. The third kappa shape index (κ3) is 2.67. The number of carbonyl (C=O) groups is 1. The molecule has 5 heteroatoms. The number of hydrogen-bond donors (Lipinski definition) is 0. The van der Waals surface area contributed by atoms with Crippen molar-refractivity contribution in [2.24, 2.45) is 0 Å². The number of benzene rings is 1. The number of halogens is 2. The molecular formula is C11H11Cl2NO2. The van der Waals surface area contributed by atoms with Crippen molar-refractivity contribution in [3.8, 4) is 0 Å². The zero-order chi connectivity index (χ0) is 11.5. The number of ether oxygens (including phenoxy) is 1. The Morgan fingerprint density at radius 2 is 2.19 bits per heavy atom. The van der Waals surface area contributed by atoms with E-state index < -0.39 is 0 Å². The smallest absolute Gasteiger partial charge is 0.248 e. The molecule has 1 aromatic rings. The Labute approximate surface area is 104 Å². The molecule has 0 aromatic heterocycles. The van der Waals surface area contributed by atoms with E-state index in [0.29, 0.717) is 29.7 Å². The van der Waals surface area contributed by atoms with Gasteiger partial charge in [0.25, 0.3) is 0 Å². The fourth-order valence-electron chi connectivity index (χ4n) is 1.57. The second-order valence-corrected chi connectivity index (χ2v) is 4.45. The maximum atomic E-state index is 11.5. The van der Waals surface area contributed by atoms with Crippen LogP contribution in [0.15, 0.2) is 18.2 Å². The van der Waals surface area contributed by atoms with Crippen molar-refractivity contribution < 1.29 is 9.53 Å². The maximum Gasteiger partial charge on any atom is 0.248 e. The molecule has 0 N–H and O–H groups in total. The first-order valence-corrected chi connectivity index (χ1v) is 5.72. The minimum Gasteiger partial charge on any atom is -0.370 e. The lowest BCUT2D eigenvalue weighted by molar-refractivity contribution is -0.143. The second kappa shape index (κ2) is 5.04. The molecule has 0 spiro atoms. The summed E-state index contributed by atoms with van der Waals surface area (Å²) >= 11 is 11.8. The molecule has 0 aliphatic carbocycles. The van der Waals surface area contributed by atoms with Gasteiger partial charge < -0.3 is 9.64 Å². The molecule has 1 saturated heterocycles. The normalized spacial score (nSPS) is 16.6. The predicted octanol–water partition coefficient (Wildman–Crippen LogP) is 2.35. The third-order valence-electron chi connectivity index (χ3n) is 2.46.